The number of aryl methyl sites for hydroxylation is 1. The number of H-pyrrole nitrogens is 2. The molecule has 0 spiro atoms. The third kappa shape index (κ3) is 6.10. The van der Waals surface area contributed by atoms with Crippen molar-refractivity contribution in [3.05, 3.63) is 78.3 Å². The van der Waals surface area contributed by atoms with E-state index in [2.05, 4.69) is 15.0 Å². The third-order valence-electron chi connectivity index (χ3n) is 5.69. The molecule has 0 aliphatic heterocycles. The maximum absolute atomic E-state index is 13.5. The van der Waals surface area contributed by atoms with E-state index in [1.807, 2.05) is 43.5 Å². The smallest absolute Gasteiger partial charge is 0.330 e. The molecule has 0 fully saturated rings. The van der Waals surface area contributed by atoms with E-state index in [4.69, 9.17) is 5.73 Å². The van der Waals surface area contributed by atoms with Crippen LogP contribution in [-0.2, 0) is 24.3 Å². The second-order valence-corrected chi connectivity index (χ2v) is 8.90. The summed E-state index contributed by atoms with van der Waals surface area (Å²) in [5.41, 5.74) is 6.31. The van der Waals surface area contributed by atoms with Crippen molar-refractivity contribution in [1.82, 2.24) is 19.5 Å². The molecule has 2 heterocycles. The van der Waals surface area contributed by atoms with Crippen LogP contribution in [0.5, 0.6) is 0 Å². The number of carbonyl (C=O) groups excluding carboxylic acids is 1. The van der Waals surface area contributed by atoms with E-state index >= 15 is 0 Å². The molecule has 0 radical (unpaired) electrons. The Balaban J connectivity index is 2.00. The van der Waals surface area contributed by atoms with Crippen LogP contribution < -0.4 is 27.4 Å². The molecule has 0 atom stereocenters. The SMILES string of the molecule is CCCCn1c(N)c(N(Cc2ccccc2)C(=O)CCc2c(C)nc(SC)[nH]c2=O)c(=O)[nH]c1=O. The Morgan fingerprint density at radius 3 is 2.49 bits per heavy atom. The molecule has 0 aliphatic carbocycles. The largest absolute Gasteiger partial charge is 0.383 e. The number of nitrogens with zero attached hydrogens (tertiary/aromatic N) is 3. The summed E-state index contributed by atoms with van der Waals surface area (Å²) in [5.74, 6) is -0.462. The Bertz CT molecular complexity index is 1360. The van der Waals surface area contributed by atoms with Crippen LogP contribution in [0.1, 0.15) is 43.0 Å². The molecule has 35 heavy (non-hydrogen) atoms. The lowest BCUT2D eigenvalue weighted by atomic mass is 10.1. The van der Waals surface area contributed by atoms with Crippen molar-refractivity contribution in [3.8, 4) is 0 Å². The van der Waals surface area contributed by atoms with Gasteiger partial charge in [-0.25, -0.2) is 9.78 Å². The summed E-state index contributed by atoms with van der Waals surface area (Å²) in [7, 11) is 0. The molecule has 3 aromatic rings. The number of thioether (sulfide) groups is 1. The highest BCUT2D eigenvalue weighted by atomic mass is 32.2. The molecule has 0 saturated carbocycles. The molecule has 186 valence electrons. The van der Waals surface area contributed by atoms with Crippen LogP contribution in [-0.4, -0.2) is 31.7 Å². The van der Waals surface area contributed by atoms with Gasteiger partial charge in [-0.3, -0.25) is 23.9 Å². The Morgan fingerprint density at radius 1 is 1.14 bits per heavy atom. The van der Waals surface area contributed by atoms with Crippen LogP contribution in [0.4, 0.5) is 11.5 Å². The van der Waals surface area contributed by atoms with Gasteiger partial charge >= 0.3 is 5.69 Å². The Morgan fingerprint density at radius 2 is 1.86 bits per heavy atom. The van der Waals surface area contributed by atoms with Crippen LogP contribution >= 0.6 is 11.8 Å². The zero-order chi connectivity index (χ0) is 25.5. The minimum Gasteiger partial charge on any atom is -0.383 e. The average molecular weight is 499 g/mol. The monoisotopic (exact) mass is 498 g/mol. The number of aromatic amines is 2. The van der Waals surface area contributed by atoms with E-state index in [9.17, 15) is 19.2 Å². The number of nitrogens with one attached hydrogen (secondary N) is 2. The summed E-state index contributed by atoms with van der Waals surface area (Å²) in [6.07, 6.45) is 3.40. The Kier molecular flexibility index (Phi) is 8.69. The van der Waals surface area contributed by atoms with Crippen molar-refractivity contribution < 1.29 is 4.79 Å². The number of nitrogen functional groups attached to an aromatic ring is 1. The van der Waals surface area contributed by atoms with Crippen molar-refractivity contribution in [2.45, 2.75) is 57.8 Å². The standard InChI is InChI=1S/C24H30N6O4S/c1-4-5-13-29-20(25)19(22(33)28-24(29)34)30(14-16-9-7-6-8-10-16)18(31)12-11-17-15(2)26-23(35-3)27-21(17)32/h6-10H,4-5,11-14,25H2,1-3H3,(H,26,27,32)(H,28,33,34). The van der Waals surface area contributed by atoms with Gasteiger partial charge in [-0.2, -0.15) is 0 Å². The second-order valence-electron chi connectivity index (χ2n) is 8.10. The fourth-order valence-electron chi connectivity index (χ4n) is 3.78. The zero-order valence-corrected chi connectivity index (χ0v) is 20.9. The van der Waals surface area contributed by atoms with Gasteiger partial charge in [0.2, 0.25) is 5.91 Å². The molecule has 1 aromatic carbocycles. The fraction of sp³-hybridized carbons (Fsp3) is 0.375. The van der Waals surface area contributed by atoms with Gasteiger partial charge in [0.1, 0.15) is 5.82 Å². The van der Waals surface area contributed by atoms with Crippen molar-refractivity contribution in [2.75, 3.05) is 16.9 Å². The molecule has 0 aliphatic rings. The molecule has 1 amide bonds. The summed E-state index contributed by atoms with van der Waals surface area (Å²) in [6, 6.07) is 9.17. The summed E-state index contributed by atoms with van der Waals surface area (Å²) >= 11 is 1.32. The predicted molar refractivity (Wildman–Crippen MR) is 138 cm³/mol. The topological polar surface area (TPSA) is 147 Å². The quantitative estimate of drug-likeness (QED) is 0.287. The van der Waals surface area contributed by atoms with Crippen LogP contribution in [0.3, 0.4) is 0 Å². The number of hydrogen-bond acceptors (Lipinski definition) is 7. The molecule has 0 bridgehead atoms. The van der Waals surface area contributed by atoms with E-state index in [1.54, 1.807) is 6.92 Å². The number of hydrogen-bond donors (Lipinski definition) is 3. The lowest BCUT2D eigenvalue weighted by molar-refractivity contribution is -0.118. The van der Waals surface area contributed by atoms with Crippen LogP contribution in [0, 0.1) is 6.92 Å². The average Bonchev–Trinajstić information content (AvgIpc) is 2.83. The number of aromatic nitrogens is 4. The third-order valence-corrected chi connectivity index (χ3v) is 6.27. The highest BCUT2D eigenvalue weighted by Gasteiger charge is 2.25. The zero-order valence-electron chi connectivity index (χ0n) is 20.1. The minimum atomic E-state index is -0.732. The van der Waals surface area contributed by atoms with Gasteiger partial charge < -0.3 is 15.6 Å². The molecular formula is C24H30N6O4S. The summed E-state index contributed by atoms with van der Waals surface area (Å²) in [4.78, 5) is 61.9. The second kappa shape index (κ2) is 11.7. The fourth-order valence-corrected chi connectivity index (χ4v) is 4.20. The van der Waals surface area contributed by atoms with Crippen LogP contribution in [0.15, 0.2) is 49.9 Å². The molecular weight excluding hydrogens is 468 g/mol. The van der Waals surface area contributed by atoms with Crippen molar-refractivity contribution in [3.63, 3.8) is 0 Å². The maximum Gasteiger partial charge on any atom is 0.330 e. The van der Waals surface area contributed by atoms with Gasteiger partial charge in [0.25, 0.3) is 11.1 Å². The highest BCUT2D eigenvalue weighted by Crippen LogP contribution is 2.21. The molecule has 3 rings (SSSR count). The molecule has 2 aromatic heterocycles. The van der Waals surface area contributed by atoms with Gasteiger partial charge in [0, 0.05) is 24.2 Å². The van der Waals surface area contributed by atoms with E-state index in [0.717, 1.165) is 12.0 Å². The molecule has 10 nitrogen and oxygen atoms in total. The Labute approximate surface area is 206 Å². The van der Waals surface area contributed by atoms with Gasteiger partial charge in [0.15, 0.2) is 10.8 Å². The first kappa shape index (κ1) is 26.0. The van der Waals surface area contributed by atoms with E-state index in [1.165, 1.54) is 21.2 Å². The van der Waals surface area contributed by atoms with Crippen molar-refractivity contribution in [1.29, 1.82) is 0 Å². The molecule has 11 heteroatoms. The number of unbranched alkanes of at least 4 members (excludes halogenated alkanes) is 1. The maximum atomic E-state index is 13.5. The molecule has 4 N–H and O–H groups in total. The molecule has 0 saturated heterocycles. The van der Waals surface area contributed by atoms with E-state index in [-0.39, 0.29) is 36.5 Å². The normalized spacial score (nSPS) is 10.9. The summed E-state index contributed by atoms with van der Waals surface area (Å²) in [6.45, 7) is 4.10. The van der Waals surface area contributed by atoms with Gasteiger partial charge in [-0.05, 0) is 31.6 Å². The summed E-state index contributed by atoms with van der Waals surface area (Å²) in [5, 5.41) is 0.502. The first-order valence-corrected chi connectivity index (χ1v) is 12.6. The van der Waals surface area contributed by atoms with Crippen molar-refractivity contribution in [2.24, 2.45) is 0 Å². The first-order chi connectivity index (χ1) is 16.8. The predicted octanol–water partition coefficient (Wildman–Crippen LogP) is 2.20. The van der Waals surface area contributed by atoms with Gasteiger partial charge in [-0.1, -0.05) is 55.4 Å². The van der Waals surface area contributed by atoms with E-state index < -0.39 is 17.2 Å². The lowest BCUT2D eigenvalue weighted by Crippen LogP contribution is -2.41. The molecule has 0 unspecified atom stereocenters. The first-order valence-electron chi connectivity index (χ1n) is 11.4. The highest BCUT2D eigenvalue weighted by molar-refractivity contribution is 7.98. The lowest BCUT2D eigenvalue weighted by Gasteiger charge is -2.25. The number of anilines is 2. The van der Waals surface area contributed by atoms with Crippen LogP contribution in [0.25, 0.3) is 0 Å². The number of benzene rings is 1. The van der Waals surface area contributed by atoms with Crippen LogP contribution in [0.2, 0.25) is 0 Å². The minimum absolute atomic E-state index is 0.0516. The van der Waals surface area contributed by atoms with Gasteiger partial charge in [-0.15, -0.1) is 0 Å². The van der Waals surface area contributed by atoms with Gasteiger partial charge in [0.05, 0.1) is 6.54 Å². The van der Waals surface area contributed by atoms with Crippen molar-refractivity contribution >= 4 is 29.2 Å². The number of nitrogens with two attached hydrogens (primary N) is 1. The number of carbonyl (C=O) groups is 1. The Hall–Kier alpha value is -3.60. The summed E-state index contributed by atoms with van der Waals surface area (Å²) < 4.78 is 1.28. The number of rotatable bonds is 10. The number of amides is 1. The van der Waals surface area contributed by atoms with E-state index in [0.29, 0.717) is 29.4 Å².